The number of carbonyl (C=O) groups excluding carboxylic acids is 2. The highest BCUT2D eigenvalue weighted by atomic mass is 16.2. The molecule has 7 heteroatoms. The molecule has 2 aromatic carbocycles. The number of anilines is 1. The molecule has 0 atom stereocenters. The predicted molar refractivity (Wildman–Crippen MR) is 147 cm³/mol. The van der Waals surface area contributed by atoms with Crippen molar-refractivity contribution in [3.8, 4) is 11.1 Å². The van der Waals surface area contributed by atoms with E-state index in [2.05, 4.69) is 27.6 Å². The molecule has 0 spiro atoms. The van der Waals surface area contributed by atoms with Crippen LogP contribution in [-0.4, -0.2) is 38.0 Å². The van der Waals surface area contributed by atoms with E-state index in [0.29, 0.717) is 23.5 Å². The highest BCUT2D eigenvalue weighted by molar-refractivity contribution is 6.08. The minimum absolute atomic E-state index is 0.0953. The first-order valence-corrected chi connectivity index (χ1v) is 12.7. The number of carbonyl (C=O) groups is 2. The Labute approximate surface area is 221 Å². The van der Waals surface area contributed by atoms with Crippen molar-refractivity contribution in [1.29, 1.82) is 0 Å². The molecule has 1 aliphatic carbocycles. The molecule has 0 radical (unpaired) electrons. The van der Waals surface area contributed by atoms with Gasteiger partial charge in [-0.05, 0) is 54.2 Å². The van der Waals surface area contributed by atoms with E-state index in [1.807, 2.05) is 71.4 Å². The number of nitrogens with zero attached hydrogens (tertiary/aromatic N) is 4. The van der Waals surface area contributed by atoms with Crippen LogP contribution < -0.4 is 5.32 Å². The van der Waals surface area contributed by atoms with Crippen molar-refractivity contribution < 1.29 is 9.59 Å². The minimum Gasteiger partial charge on any atom is -0.311 e. The second-order valence-corrected chi connectivity index (χ2v) is 9.48. The van der Waals surface area contributed by atoms with Crippen LogP contribution in [0.15, 0.2) is 97.0 Å². The van der Waals surface area contributed by atoms with Crippen molar-refractivity contribution in [1.82, 2.24) is 19.7 Å². The number of allylic oxidation sites excluding steroid dienone is 4. The molecular weight excluding hydrogens is 474 g/mol. The highest BCUT2D eigenvalue weighted by Crippen LogP contribution is 2.34. The number of benzene rings is 2. The number of nitrogens with one attached hydrogen (secondary N) is 1. The molecule has 2 aromatic heterocycles. The summed E-state index contributed by atoms with van der Waals surface area (Å²) in [6.07, 6.45) is 10.2. The molecule has 0 saturated carbocycles. The Bertz CT molecular complexity index is 1580. The SMILES string of the molecule is Cn1cc2c(n1)C1=C(CCC=C1)N(C(=O)c1ccc(NC(=O)c3ccccc3-c3ccccc3)nc1)CC2. The van der Waals surface area contributed by atoms with Crippen molar-refractivity contribution in [3.63, 3.8) is 0 Å². The number of pyridine rings is 1. The first-order valence-electron chi connectivity index (χ1n) is 12.7. The van der Waals surface area contributed by atoms with Crippen molar-refractivity contribution in [2.75, 3.05) is 11.9 Å². The smallest absolute Gasteiger partial charge is 0.259 e. The Balaban J connectivity index is 1.22. The van der Waals surface area contributed by atoms with E-state index in [0.717, 1.165) is 52.9 Å². The van der Waals surface area contributed by atoms with E-state index >= 15 is 0 Å². The Morgan fingerprint density at radius 3 is 2.58 bits per heavy atom. The third-order valence-electron chi connectivity index (χ3n) is 6.99. The Kier molecular flexibility index (Phi) is 6.17. The van der Waals surface area contributed by atoms with Gasteiger partial charge in [-0.25, -0.2) is 4.98 Å². The van der Waals surface area contributed by atoms with Crippen LogP contribution in [-0.2, 0) is 13.5 Å². The third-order valence-corrected chi connectivity index (χ3v) is 6.99. The number of hydrogen-bond acceptors (Lipinski definition) is 4. The molecule has 2 amide bonds. The molecule has 0 saturated heterocycles. The maximum atomic E-state index is 13.6. The summed E-state index contributed by atoms with van der Waals surface area (Å²) in [5.41, 5.74) is 6.98. The van der Waals surface area contributed by atoms with Gasteiger partial charge in [0.25, 0.3) is 11.8 Å². The van der Waals surface area contributed by atoms with E-state index in [-0.39, 0.29) is 11.8 Å². The molecule has 0 fully saturated rings. The zero-order chi connectivity index (χ0) is 26.1. The second kappa shape index (κ2) is 9.94. The fourth-order valence-corrected chi connectivity index (χ4v) is 5.17. The van der Waals surface area contributed by atoms with Gasteiger partial charge in [0.1, 0.15) is 5.82 Å². The van der Waals surface area contributed by atoms with Gasteiger partial charge in [-0.15, -0.1) is 0 Å². The quantitative estimate of drug-likeness (QED) is 0.401. The average molecular weight is 502 g/mol. The number of aryl methyl sites for hydroxylation is 1. The van der Waals surface area contributed by atoms with Crippen LogP contribution in [0.3, 0.4) is 0 Å². The summed E-state index contributed by atoms with van der Waals surface area (Å²) in [6, 6.07) is 20.7. The van der Waals surface area contributed by atoms with Gasteiger partial charge in [0.15, 0.2) is 0 Å². The molecule has 188 valence electrons. The summed E-state index contributed by atoms with van der Waals surface area (Å²) in [6.45, 7) is 0.582. The van der Waals surface area contributed by atoms with E-state index < -0.39 is 0 Å². The van der Waals surface area contributed by atoms with E-state index in [9.17, 15) is 9.59 Å². The van der Waals surface area contributed by atoms with Crippen LogP contribution in [0, 0.1) is 0 Å². The van der Waals surface area contributed by atoms with E-state index in [4.69, 9.17) is 0 Å². The summed E-state index contributed by atoms with van der Waals surface area (Å²) in [4.78, 5) is 33.0. The Morgan fingerprint density at radius 1 is 0.947 bits per heavy atom. The van der Waals surface area contributed by atoms with E-state index in [1.165, 1.54) is 6.20 Å². The van der Waals surface area contributed by atoms with Gasteiger partial charge in [-0.1, -0.05) is 60.7 Å². The maximum Gasteiger partial charge on any atom is 0.259 e. The standard InChI is InChI=1S/C31H27N5O2/c1-35-20-23-17-18-36(27-14-8-7-13-26(27)29(23)34-35)31(38)22-15-16-28(32-19-22)33-30(37)25-12-6-5-11-24(25)21-9-3-2-4-10-21/h2-7,9-13,15-16,19-20H,8,14,17-18H2,1H3,(H,32,33,37). The lowest BCUT2D eigenvalue weighted by Gasteiger charge is -2.27. The molecule has 38 heavy (non-hydrogen) atoms. The van der Waals surface area contributed by atoms with Crippen LogP contribution in [0.4, 0.5) is 5.82 Å². The molecule has 6 rings (SSSR count). The van der Waals surface area contributed by atoms with Crippen LogP contribution in [0.5, 0.6) is 0 Å². The molecule has 1 aliphatic heterocycles. The normalized spacial score (nSPS) is 14.5. The van der Waals surface area contributed by atoms with Gasteiger partial charge in [0, 0.05) is 42.8 Å². The molecule has 7 nitrogen and oxygen atoms in total. The number of fused-ring (bicyclic) bond motifs is 2. The molecule has 2 aliphatic rings. The van der Waals surface area contributed by atoms with Crippen LogP contribution in [0.2, 0.25) is 0 Å². The lowest BCUT2D eigenvalue weighted by atomic mass is 9.98. The highest BCUT2D eigenvalue weighted by Gasteiger charge is 2.29. The topological polar surface area (TPSA) is 80.1 Å². The number of hydrogen-bond donors (Lipinski definition) is 1. The van der Waals surface area contributed by atoms with E-state index in [1.54, 1.807) is 18.2 Å². The van der Waals surface area contributed by atoms with Gasteiger partial charge in [-0.3, -0.25) is 14.3 Å². The van der Waals surface area contributed by atoms with Crippen molar-refractivity contribution in [3.05, 3.63) is 119 Å². The zero-order valence-electron chi connectivity index (χ0n) is 21.1. The van der Waals surface area contributed by atoms with Crippen molar-refractivity contribution >= 4 is 23.2 Å². The van der Waals surface area contributed by atoms with Crippen LogP contribution in [0.25, 0.3) is 16.7 Å². The summed E-state index contributed by atoms with van der Waals surface area (Å²) in [5.74, 6) is 0.0443. The van der Waals surface area contributed by atoms with Crippen molar-refractivity contribution in [2.45, 2.75) is 19.3 Å². The minimum atomic E-state index is -0.252. The van der Waals surface area contributed by atoms with Crippen LogP contribution >= 0.6 is 0 Å². The molecule has 0 unspecified atom stereocenters. The number of rotatable bonds is 4. The fourth-order valence-electron chi connectivity index (χ4n) is 5.17. The third kappa shape index (κ3) is 4.43. The van der Waals surface area contributed by atoms with Gasteiger partial charge < -0.3 is 10.2 Å². The molecule has 4 aromatic rings. The lowest BCUT2D eigenvalue weighted by molar-refractivity contribution is 0.0803. The maximum absolute atomic E-state index is 13.6. The molecule has 3 heterocycles. The molecular formula is C31H27N5O2. The van der Waals surface area contributed by atoms with Crippen LogP contribution in [0.1, 0.15) is 44.8 Å². The number of aromatic nitrogens is 3. The lowest BCUT2D eigenvalue weighted by Crippen LogP contribution is -2.32. The Morgan fingerprint density at radius 2 is 1.76 bits per heavy atom. The van der Waals surface area contributed by atoms with Gasteiger partial charge in [0.2, 0.25) is 0 Å². The van der Waals surface area contributed by atoms with Crippen molar-refractivity contribution in [2.24, 2.45) is 7.05 Å². The Hall–Kier alpha value is -4.78. The summed E-state index contributed by atoms with van der Waals surface area (Å²) in [7, 11) is 1.93. The zero-order valence-corrected chi connectivity index (χ0v) is 21.1. The largest absolute Gasteiger partial charge is 0.311 e. The average Bonchev–Trinajstić information content (AvgIpc) is 3.27. The molecule has 1 N–H and O–H groups in total. The van der Waals surface area contributed by atoms with Gasteiger partial charge in [-0.2, -0.15) is 5.10 Å². The monoisotopic (exact) mass is 501 g/mol. The summed E-state index contributed by atoms with van der Waals surface area (Å²) < 4.78 is 1.84. The molecule has 0 bridgehead atoms. The van der Waals surface area contributed by atoms with Gasteiger partial charge >= 0.3 is 0 Å². The van der Waals surface area contributed by atoms with Gasteiger partial charge in [0.05, 0.1) is 11.3 Å². The number of amides is 2. The first-order chi connectivity index (χ1) is 18.6. The predicted octanol–water partition coefficient (Wildman–Crippen LogP) is 5.49. The first kappa shape index (κ1) is 23.6. The summed E-state index contributed by atoms with van der Waals surface area (Å²) in [5, 5.41) is 7.55. The second-order valence-electron chi connectivity index (χ2n) is 9.48. The summed E-state index contributed by atoms with van der Waals surface area (Å²) >= 11 is 0. The fraction of sp³-hybridized carbons (Fsp3) is 0.161.